The van der Waals surface area contributed by atoms with Crippen molar-refractivity contribution in [1.82, 2.24) is 0 Å². The van der Waals surface area contributed by atoms with Gasteiger partial charge in [-0.15, -0.1) is 0 Å². The Kier molecular flexibility index (Phi) is 2.87. The lowest BCUT2D eigenvalue weighted by Crippen LogP contribution is -2.33. The van der Waals surface area contributed by atoms with Crippen molar-refractivity contribution in [3.05, 3.63) is 35.4 Å². The second-order valence-electron chi connectivity index (χ2n) is 4.33. The number of nitrogens with two attached hydrogens (primary N) is 1. The number of hydrogen-bond acceptors (Lipinski definition) is 2. The minimum absolute atomic E-state index is 0.0370. The van der Waals surface area contributed by atoms with Gasteiger partial charge in [0.1, 0.15) is 0 Å². The van der Waals surface area contributed by atoms with Gasteiger partial charge in [-0.05, 0) is 37.3 Å². The van der Waals surface area contributed by atoms with E-state index in [-0.39, 0.29) is 17.7 Å². The van der Waals surface area contributed by atoms with E-state index in [9.17, 15) is 4.79 Å². The predicted molar refractivity (Wildman–Crippen MR) is 60.8 cm³/mol. The van der Waals surface area contributed by atoms with Crippen molar-refractivity contribution in [3.8, 4) is 0 Å². The maximum Gasteiger partial charge on any atom is 0.156 e. The summed E-state index contributed by atoms with van der Waals surface area (Å²) in [6, 6.07) is 7.89. The smallest absolute Gasteiger partial charge is 0.156 e. The number of ketones is 1. The lowest BCUT2D eigenvalue weighted by Gasteiger charge is -2.25. The largest absolute Gasteiger partial charge is 0.322 e. The number of rotatable bonds is 2. The summed E-state index contributed by atoms with van der Waals surface area (Å²) in [5.41, 5.74) is 8.20. The van der Waals surface area contributed by atoms with Gasteiger partial charge in [0.2, 0.25) is 0 Å². The number of hydrogen-bond donors (Lipinski definition) is 1. The maximum absolute atomic E-state index is 11.9. The third-order valence-corrected chi connectivity index (χ3v) is 3.16. The van der Waals surface area contributed by atoms with E-state index >= 15 is 0 Å². The number of carbonyl (C=O) groups excluding carboxylic acids is 1. The minimum Gasteiger partial charge on any atom is -0.322 e. The van der Waals surface area contributed by atoms with Crippen LogP contribution in [0.5, 0.6) is 0 Å². The molecular weight excluding hydrogens is 186 g/mol. The Bertz CT molecular complexity index is 371. The molecule has 2 N–H and O–H groups in total. The number of Topliss-reactive ketones (excluding diaryl/α,β-unsaturated/α-hetero) is 1. The van der Waals surface area contributed by atoms with Crippen LogP contribution in [0.1, 0.15) is 36.8 Å². The molecule has 1 aromatic rings. The zero-order valence-electron chi connectivity index (χ0n) is 9.07. The highest BCUT2D eigenvalue weighted by atomic mass is 16.1. The molecule has 1 aliphatic carbocycles. The lowest BCUT2D eigenvalue weighted by atomic mass is 9.79. The van der Waals surface area contributed by atoms with E-state index in [0.717, 1.165) is 19.3 Å². The molecule has 0 fully saturated rings. The van der Waals surface area contributed by atoms with E-state index in [4.69, 9.17) is 5.73 Å². The van der Waals surface area contributed by atoms with Crippen LogP contribution in [0.2, 0.25) is 0 Å². The maximum atomic E-state index is 11.9. The normalized spacial score (nSPS) is 21.9. The Morgan fingerprint density at radius 3 is 2.93 bits per heavy atom. The van der Waals surface area contributed by atoms with Crippen molar-refractivity contribution in [3.63, 3.8) is 0 Å². The minimum atomic E-state index is -0.346. The SMILES string of the molecule is CC(N)C(=O)C1CCCc2ccccc21. The van der Waals surface area contributed by atoms with Gasteiger partial charge in [-0.3, -0.25) is 4.79 Å². The summed E-state index contributed by atoms with van der Waals surface area (Å²) >= 11 is 0. The Morgan fingerprint density at radius 1 is 1.47 bits per heavy atom. The van der Waals surface area contributed by atoms with Crippen molar-refractivity contribution in [2.24, 2.45) is 5.73 Å². The first-order valence-corrected chi connectivity index (χ1v) is 5.57. The van der Waals surface area contributed by atoms with Crippen molar-refractivity contribution < 1.29 is 4.79 Å². The Morgan fingerprint density at radius 2 is 2.20 bits per heavy atom. The fraction of sp³-hybridized carbons (Fsp3) is 0.462. The monoisotopic (exact) mass is 203 g/mol. The molecule has 2 heteroatoms. The van der Waals surface area contributed by atoms with Gasteiger partial charge in [0.25, 0.3) is 0 Å². The molecule has 0 amide bonds. The van der Waals surface area contributed by atoms with Gasteiger partial charge in [-0.2, -0.15) is 0 Å². The Balaban J connectivity index is 2.34. The van der Waals surface area contributed by atoms with E-state index in [1.165, 1.54) is 11.1 Å². The molecule has 0 radical (unpaired) electrons. The van der Waals surface area contributed by atoms with Gasteiger partial charge < -0.3 is 5.73 Å². The van der Waals surface area contributed by atoms with Crippen LogP contribution < -0.4 is 5.73 Å². The zero-order valence-corrected chi connectivity index (χ0v) is 9.07. The zero-order chi connectivity index (χ0) is 10.8. The predicted octanol–water partition coefficient (Wildman–Crippen LogP) is 2.02. The highest BCUT2D eigenvalue weighted by Crippen LogP contribution is 2.32. The van der Waals surface area contributed by atoms with E-state index in [0.29, 0.717) is 0 Å². The van der Waals surface area contributed by atoms with Crippen LogP contribution in [0, 0.1) is 0 Å². The molecule has 0 spiro atoms. The molecule has 0 aliphatic heterocycles. The molecule has 1 aliphatic rings. The van der Waals surface area contributed by atoms with Crippen LogP contribution in [0.15, 0.2) is 24.3 Å². The molecule has 0 aromatic heterocycles. The summed E-state index contributed by atoms with van der Waals surface area (Å²) in [5, 5.41) is 0. The summed E-state index contributed by atoms with van der Waals surface area (Å²) < 4.78 is 0. The van der Waals surface area contributed by atoms with Crippen LogP contribution in [0.3, 0.4) is 0 Å². The molecule has 2 atom stereocenters. The molecule has 2 nitrogen and oxygen atoms in total. The van der Waals surface area contributed by atoms with Crippen LogP contribution in [0.25, 0.3) is 0 Å². The molecule has 2 unspecified atom stereocenters. The molecule has 0 saturated heterocycles. The first-order valence-electron chi connectivity index (χ1n) is 5.57. The summed E-state index contributed by atoms with van der Waals surface area (Å²) in [6.45, 7) is 1.78. The van der Waals surface area contributed by atoms with Gasteiger partial charge in [0.15, 0.2) is 5.78 Å². The molecule has 2 rings (SSSR count). The van der Waals surface area contributed by atoms with Gasteiger partial charge in [-0.1, -0.05) is 24.3 Å². The molecule has 0 heterocycles. The Labute approximate surface area is 90.5 Å². The summed E-state index contributed by atoms with van der Waals surface area (Å²) in [7, 11) is 0. The first kappa shape index (κ1) is 10.4. The second kappa shape index (κ2) is 4.15. The fourth-order valence-electron chi connectivity index (χ4n) is 2.37. The number of benzene rings is 1. The highest BCUT2D eigenvalue weighted by Gasteiger charge is 2.27. The lowest BCUT2D eigenvalue weighted by molar-refractivity contribution is -0.121. The van der Waals surface area contributed by atoms with Crippen LogP contribution in [-0.2, 0) is 11.2 Å². The summed E-state index contributed by atoms with van der Waals surface area (Å²) in [4.78, 5) is 11.9. The number of aryl methyl sites for hydroxylation is 1. The Hall–Kier alpha value is -1.15. The average molecular weight is 203 g/mol. The summed E-state index contributed by atoms with van der Waals surface area (Å²) in [6.07, 6.45) is 3.15. The third kappa shape index (κ3) is 1.95. The fourth-order valence-corrected chi connectivity index (χ4v) is 2.37. The topological polar surface area (TPSA) is 43.1 Å². The second-order valence-corrected chi connectivity index (χ2v) is 4.33. The quantitative estimate of drug-likeness (QED) is 0.799. The highest BCUT2D eigenvalue weighted by molar-refractivity contribution is 5.90. The molecular formula is C13H17NO. The van der Waals surface area contributed by atoms with Crippen molar-refractivity contribution in [2.45, 2.75) is 38.1 Å². The van der Waals surface area contributed by atoms with E-state index in [1.807, 2.05) is 12.1 Å². The van der Waals surface area contributed by atoms with E-state index in [2.05, 4.69) is 12.1 Å². The van der Waals surface area contributed by atoms with Crippen molar-refractivity contribution in [1.29, 1.82) is 0 Å². The van der Waals surface area contributed by atoms with Gasteiger partial charge in [0.05, 0.1) is 6.04 Å². The van der Waals surface area contributed by atoms with Gasteiger partial charge in [0, 0.05) is 5.92 Å². The van der Waals surface area contributed by atoms with Gasteiger partial charge in [-0.25, -0.2) is 0 Å². The molecule has 15 heavy (non-hydrogen) atoms. The van der Waals surface area contributed by atoms with Crippen LogP contribution >= 0.6 is 0 Å². The average Bonchev–Trinajstić information content (AvgIpc) is 2.27. The third-order valence-electron chi connectivity index (χ3n) is 3.16. The van der Waals surface area contributed by atoms with E-state index < -0.39 is 0 Å². The van der Waals surface area contributed by atoms with Crippen LogP contribution in [0.4, 0.5) is 0 Å². The van der Waals surface area contributed by atoms with E-state index in [1.54, 1.807) is 6.92 Å². The summed E-state index contributed by atoms with van der Waals surface area (Å²) in [5.74, 6) is 0.220. The van der Waals surface area contributed by atoms with Crippen molar-refractivity contribution in [2.75, 3.05) is 0 Å². The molecule has 1 aromatic carbocycles. The standard InChI is InChI=1S/C13H17NO/c1-9(14)13(15)12-8-4-6-10-5-2-3-7-11(10)12/h2-3,5,7,9,12H,4,6,8,14H2,1H3. The first-order chi connectivity index (χ1) is 7.20. The molecule has 0 saturated carbocycles. The van der Waals surface area contributed by atoms with Crippen molar-refractivity contribution >= 4 is 5.78 Å². The number of fused-ring (bicyclic) bond motifs is 1. The van der Waals surface area contributed by atoms with Gasteiger partial charge >= 0.3 is 0 Å². The molecule has 80 valence electrons. The van der Waals surface area contributed by atoms with Crippen LogP contribution in [-0.4, -0.2) is 11.8 Å². The number of carbonyl (C=O) groups is 1. The molecule has 0 bridgehead atoms.